The Balaban J connectivity index is 0.00000144. The van der Waals surface area contributed by atoms with Crippen LogP contribution in [0.2, 0.25) is 0 Å². The summed E-state index contributed by atoms with van der Waals surface area (Å²) in [4.78, 5) is 0. The number of benzene rings is 3. The first kappa shape index (κ1) is 28.9. The SMILES string of the molecule is Cl.Cl.Cl.NC(Cc1ccc(F)cc1)(Cc1cc(-c2ccc3[nH]nnc3c2)ccc1F)C1CCCN1. The number of nitrogens with zero attached hydrogens (tertiary/aromatic N) is 2. The molecule has 1 saturated heterocycles. The maximum absolute atomic E-state index is 14.9. The Morgan fingerprint density at radius 1 is 0.914 bits per heavy atom. The van der Waals surface area contributed by atoms with Crippen LogP contribution in [-0.2, 0) is 12.8 Å². The van der Waals surface area contributed by atoms with Crippen LogP contribution in [0.5, 0.6) is 0 Å². The van der Waals surface area contributed by atoms with Gasteiger partial charge in [0.05, 0.1) is 5.52 Å². The van der Waals surface area contributed by atoms with Gasteiger partial charge in [0, 0.05) is 11.6 Å². The molecule has 188 valence electrons. The van der Waals surface area contributed by atoms with Crippen LogP contribution in [0, 0.1) is 11.6 Å². The number of fused-ring (bicyclic) bond motifs is 1. The molecule has 2 atom stereocenters. The van der Waals surface area contributed by atoms with Crippen LogP contribution in [0.4, 0.5) is 8.78 Å². The zero-order valence-electron chi connectivity index (χ0n) is 18.8. The molecule has 5 nitrogen and oxygen atoms in total. The van der Waals surface area contributed by atoms with Crippen molar-refractivity contribution in [3.63, 3.8) is 0 Å². The highest BCUT2D eigenvalue weighted by Gasteiger charge is 2.37. The van der Waals surface area contributed by atoms with Crippen molar-refractivity contribution >= 4 is 48.3 Å². The minimum Gasteiger partial charge on any atom is -0.323 e. The fourth-order valence-corrected chi connectivity index (χ4v) is 4.73. The molecular weight excluding hydrogens is 515 g/mol. The normalized spacial score (nSPS) is 16.6. The Labute approximate surface area is 221 Å². The monoisotopic (exact) mass is 541 g/mol. The third kappa shape index (κ3) is 6.29. The van der Waals surface area contributed by atoms with E-state index in [0.29, 0.717) is 18.4 Å². The highest BCUT2D eigenvalue weighted by Crippen LogP contribution is 2.30. The summed E-state index contributed by atoms with van der Waals surface area (Å²) in [6, 6.07) is 17.4. The van der Waals surface area contributed by atoms with E-state index in [1.54, 1.807) is 18.2 Å². The van der Waals surface area contributed by atoms with E-state index in [9.17, 15) is 8.78 Å². The number of aromatic nitrogens is 3. The molecule has 1 fully saturated rings. The van der Waals surface area contributed by atoms with E-state index in [2.05, 4.69) is 20.7 Å². The van der Waals surface area contributed by atoms with Crippen LogP contribution < -0.4 is 11.1 Å². The van der Waals surface area contributed by atoms with E-state index in [1.165, 1.54) is 18.2 Å². The smallest absolute Gasteiger partial charge is 0.126 e. The fourth-order valence-electron chi connectivity index (χ4n) is 4.73. The largest absolute Gasteiger partial charge is 0.323 e. The van der Waals surface area contributed by atoms with Gasteiger partial charge in [-0.1, -0.05) is 29.5 Å². The Morgan fingerprint density at radius 2 is 1.63 bits per heavy atom. The molecule has 0 spiro atoms. The lowest BCUT2D eigenvalue weighted by Crippen LogP contribution is -2.58. The molecule has 4 aromatic rings. The number of nitrogens with two attached hydrogens (primary N) is 1. The van der Waals surface area contributed by atoms with Gasteiger partial charge in [-0.3, -0.25) is 5.10 Å². The molecular formula is C25H28Cl3F2N5. The summed E-state index contributed by atoms with van der Waals surface area (Å²) in [6.45, 7) is 0.896. The van der Waals surface area contributed by atoms with E-state index < -0.39 is 5.54 Å². The van der Waals surface area contributed by atoms with E-state index in [4.69, 9.17) is 5.73 Å². The van der Waals surface area contributed by atoms with E-state index in [0.717, 1.165) is 47.1 Å². The summed E-state index contributed by atoms with van der Waals surface area (Å²) in [5.74, 6) is -0.554. The van der Waals surface area contributed by atoms with Crippen LogP contribution in [0.15, 0.2) is 60.7 Å². The molecule has 35 heavy (non-hydrogen) atoms. The van der Waals surface area contributed by atoms with Gasteiger partial charge in [0.1, 0.15) is 17.2 Å². The summed E-state index contributed by atoms with van der Waals surface area (Å²) in [5, 5.41) is 14.2. The van der Waals surface area contributed by atoms with Crippen molar-refractivity contribution in [2.24, 2.45) is 5.73 Å². The van der Waals surface area contributed by atoms with Crippen molar-refractivity contribution in [2.45, 2.75) is 37.3 Å². The van der Waals surface area contributed by atoms with Crippen molar-refractivity contribution in [3.05, 3.63) is 83.4 Å². The topological polar surface area (TPSA) is 79.6 Å². The molecule has 0 aliphatic carbocycles. The first-order valence-corrected chi connectivity index (χ1v) is 10.9. The standard InChI is InChI=1S/C25H25F2N5.3ClH/c26-20-7-3-16(4-8-20)14-25(28,24-2-1-11-29-24)15-19-12-17(5-9-21(19)27)18-6-10-22-23(13-18)31-32-30-22;;;/h3-10,12-13,24,29H,1-2,11,14-15,28H2,(H,30,31,32);3*1H. The Hall–Kier alpha value is -2.29. The lowest BCUT2D eigenvalue weighted by atomic mass is 9.78. The third-order valence-electron chi connectivity index (χ3n) is 6.43. The number of hydrogen-bond acceptors (Lipinski definition) is 4. The molecule has 1 aliphatic heterocycles. The predicted octanol–water partition coefficient (Wildman–Crippen LogP) is 5.40. The number of halogens is 5. The van der Waals surface area contributed by atoms with Crippen molar-refractivity contribution in [3.8, 4) is 11.1 Å². The van der Waals surface area contributed by atoms with Gasteiger partial charge in [-0.15, -0.1) is 42.3 Å². The molecule has 0 saturated carbocycles. The lowest BCUT2D eigenvalue weighted by Gasteiger charge is -2.36. The molecule has 10 heteroatoms. The predicted molar refractivity (Wildman–Crippen MR) is 143 cm³/mol. The minimum absolute atomic E-state index is 0. The second kappa shape index (κ2) is 12.1. The number of nitrogens with one attached hydrogen (secondary N) is 2. The summed E-state index contributed by atoms with van der Waals surface area (Å²) < 4.78 is 28.3. The van der Waals surface area contributed by atoms with Gasteiger partial charge in [-0.05, 0) is 90.9 Å². The zero-order chi connectivity index (χ0) is 22.1. The average Bonchev–Trinajstić information content (AvgIpc) is 3.49. The lowest BCUT2D eigenvalue weighted by molar-refractivity contribution is 0.310. The summed E-state index contributed by atoms with van der Waals surface area (Å²) in [5.41, 5.74) is 11.2. The zero-order valence-corrected chi connectivity index (χ0v) is 21.3. The minimum atomic E-state index is -0.705. The summed E-state index contributed by atoms with van der Waals surface area (Å²) in [6.07, 6.45) is 2.86. The van der Waals surface area contributed by atoms with E-state index >= 15 is 0 Å². The van der Waals surface area contributed by atoms with Crippen LogP contribution in [0.25, 0.3) is 22.2 Å². The molecule has 0 bridgehead atoms. The summed E-state index contributed by atoms with van der Waals surface area (Å²) >= 11 is 0. The van der Waals surface area contributed by atoms with Crippen LogP contribution in [-0.4, -0.2) is 33.5 Å². The Kier molecular flexibility index (Phi) is 10.0. The molecule has 0 amide bonds. The van der Waals surface area contributed by atoms with Crippen LogP contribution >= 0.6 is 37.2 Å². The van der Waals surface area contributed by atoms with Crippen LogP contribution in [0.1, 0.15) is 24.0 Å². The molecule has 1 aliphatic rings. The second-order valence-corrected chi connectivity index (χ2v) is 8.71. The van der Waals surface area contributed by atoms with Gasteiger partial charge in [0.2, 0.25) is 0 Å². The quantitative estimate of drug-likeness (QED) is 0.305. The van der Waals surface area contributed by atoms with Gasteiger partial charge >= 0.3 is 0 Å². The molecule has 1 aromatic heterocycles. The fraction of sp³-hybridized carbons (Fsp3) is 0.280. The number of aromatic amines is 1. The van der Waals surface area contributed by atoms with Gasteiger partial charge in [0.25, 0.3) is 0 Å². The van der Waals surface area contributed by atoms with Gasteiger partial charge in [-0.25, -0.2) is 8.78 Å². The average molecular weight is 543 g/mol. The molecule has 2 unspecified atom stereocenters. The highest BCUT2D eigenvalue weighted by molar-refractivity contribution is 5.86. The van der Waals surface area contributed by atoms with E-state index in [-0.39, 0.29) is 54.9 Å². The molecule has 2 heterocycles. The van der Waals surface area contributed by atoms with E-state index in [1.807, 2.05) is 24.3 Å². The first-order valence-electron chi connectivity index (χ1n) is 10.9. The second-order valence-electron chi connectivity index (χ2n) is 8.71. The molecule has 0 radical (unpaired) electrons. The maximum atomic E-state index is 14.9. The molecule has 5 rings (SSSR count). The third-order valence-corrected chi connectivity index (χ3v) is 6.43. The Bertz CT molecular complexity index is 1250. The van der Waals surface area contributed by atoms with Crippen molar-refractivity contribution in [1.29, 1.82) is 0 Å². The number of hydrogen-bond donors (Lipinski definition) is 3. The van der Waals surface area contributed by atoms with Crippen molar-refractivity contribution in [2.75, 3.05) is 6.54 Å². The Morgan fingerprint density at radius 3 is 2.34 bits per heavy atom. The van der Waals surface area contributed by atoms with Crippen molar-refractivity contribution < 1.29 is 8.78 Å². The molecule has 4 N–H and O–H groups in total. The highest BCUT2D eigenvalue weighted by atomic mass is 35.5. The molecule has 3 aromatic carbocycles. The van der Waals surface area contributed by atoms with Gasteiger partial charge in [-0.2, -0.15) is 0 Å². The number of H-pyrrole nitrogens is 1. The maximum Gasteiger partial charge on any atom is 0.126 e. The first-order chi connectivity index (χ1) is 15.5. The summed E-state index contributed by atoms with van der Waals surface area (Å²) in [7, 11) is 0. The van der Waals surface area contributed by atoms with Gasteiger partial charge < -0.3 is 11.1 Å². The van der Waals surface area contributed by atoms with Gasteiger partial charge in [0.15, 0.2) is 0 Å². The van der Waals surface area contributed by atoms with Crippen molar-refractivity contribution in [1.82, 2.24) is 20.7 Å². The van der Waals surface area contributed by atoms with Crippen LogP contribution in [0.3, 0.4) is 0 Å². The number of rotatable bonds is 6.